The van der Waals surface area contributed by atoms with E-state index in [-0.39, 0.29) is 37.4 Å². The van der Waals surface area contributed by atoms with Crippen LogP contribution in [0.5, 0.6) is 0 Å². The number of unbranched alkanes of at least 4 members (excludes halogenated alkanes) is 10. The van der Waals surface area contributed by atoms with Crippen LogP contribution in [0.4, 0.5) is 0 Å². The lowest BCUT2D eigenvalue weighted by Gasteiger charge is -2.17. The number of carboxylic acids is 1. The van der Waals surface area contributed by atoms with Crippen LogP contribution in [-0.4, -0.2) is 59.3 Å². The van der Waals surface area contributed by atoms with Gasteiger partial charge in [0, 0.05) is 6.42 Å². The molecule has 0 saturated carbocycles. The maximum absolute atomic E-state index is 12.7. The SMILES string of the molecule is CC/C=C\C/C=C\C/C=C\C/C=C\C/C=C\CC(=O)OC(CCC/C=C\C/C=C\CCCCCCC)CCCCCCCC(=O)NCC(=O)NC(CO)C(=O)O. The van der Waals surface area contributed by atoms with Crippen LogP contribution >= 0.6 is 0 Å². The number of rotatable bonds is 37. The third kappa shape index (κ3) is 37.0. The van der Waals surface area contributed by atoms with Gasteiger partial charge in [0.15, 0.2) is 0 Å². The van der Waals surface area contributed by atoms with Crippen molar-refractivity contribution in [2.24, 2.45) is 0 Å². The number of allylic oxidation sites excluding steroid dienone is 13. The third-order valence-corrected chi connectivity index (χ3v) is 8.91. The van der Waals surface area contributed by atoms with Gasteiger partial charge in [0.25, 0.3) is 0 Å². The van der Waals surface area contributed by atoms with Gasteiger partial charge in [0.2, 0.25) is 11.8 Å². The van der Waals surface area contributed by atoms with Crippen molar-refractivity contribution in [2.45, 2.75) is 174 Å². The number of ether oxygens (including phenoxy) is 1. The first-order valence-electron chi connectivity index (χ1n) is 21.5. The van der Waals surface area contributed by atoms with Crippen molar-refractivity contribution >= 4 is 23.8 Å². The number of esters is 1. The Balaban J connectivity index is 4.56. The molecule has 0 aromatic heterocycles. The second kappa shape index (κ2) is 40.7. The average molecular weight is 781 g/mol. The Morgan fingerprint density at radius 1 is 0.571 bits per heavy atom. The van der Waals surface area contributed by atoms with Gasteiger partial charge in [-0.3, -0.25) is 14.4 Å². The molecule has 0 spiro atoms. The van der Waals surface area contributed by atoms with E-state index in [2.05, 4.69) is 97.4 Å². The van der Waals surface area contributed by atoms with Crippen molar-refractivity contribution in [1.82, 2.24) is 10.6 Å². The molecule has 0 radical (unpaired) electrons. The molecule has 2 unspecified atom stereocenters. The van der Waals surface area contributed by atoms with E-state index in [0.29, 0.717) is 6.42 Å². The summed E-state index contributed by atoms with van der Waals surface area (Å²) in [6.07, 6.45) is 51.9. The number of carbonyl (C=O) groups excluding carboxylic acids is 3. The van der Waals surface area contributed by atoms with Gasteiger partial charge in [-0.1, -0.05) is 144 Å². The molecule has 0 bridgehead atoms. The Morgan fingerprint density at radius 2 is 1.07 bits per heavy atom. The Hall–Kier alpha value is -3.98. The lowest BCUT2D eigenvalue weighted by Crippen LogP contribution is -2.47. The highest BCUT2D eigenvalue weighted by Crippen LogP contribution is 2.17. The van der Waals surface area contributed by atoms with Crippen LogP contribution in [0, 0.1) is 0 Å². The van der Waals surface area contributed by atoms with E-state index >= 15 is 0 Å². The molecule has 0 aliphatic heterocycles. The number of hydrogen-bond acceptors (Lipinski definition) is 6. The van der Waals surface area contributed by atoms with E-state index in [1.165, 1.54) is 32.1 Å². The number of carbonyl (C=O) groups is 4. The largest absolute Gasteiger partial charge is 0.480 e. The fourth-order valence-corrected chi connectivity index (χ4v) is 5.65. The highest BCUT2D eigenvalue weighted by molar-refractivity contribution is 5.87. The van der Waals surface area contributed by atoms with Crippen LogP contribution in [0.25, 0.3) is 0 Å². The molecule has 316 valence electrons. The first-order valence-corrected chi connectivity index (χ1v) is 21.5. The molecular weight excluding hydrogens is 705 g/mol. The van der Waals surface area contributed by atoms with Gasteiger partial charge in [-0.15, -0.1) is 0 Å². The van der Waals surface area contributed by atoms with E-state index in [4.69, 9.17) is 14.9 Å². The van der Waals surface area contributed by atoms with Gasteiger partial charge in [-0.25, -0.2) is 4.79 Å². The topological polar surface area (TPSA) is 142 Å². The molecule has 56 heavy (non-hydrogen) atoms. The summed E-state index contributed by atoms with van der Waals surface area (Å²) in [6.45, 7) is 3.32. The molecular formula is C47H76N2O7. The molecule has 4 N–H and O–H groups in total. The van der Waals surface area contributed by atoms with Crippen molar-refractivity contribution in [1.29, 1.82) is 0 Å². The average Bonchev–Trinajstić information content (AvgIpc) is 3.18. The molecule has 9 heteroatoms. The van der Waals surface area contributed by atoms with Crippen molar-refractivity contribution in [2.75, 3.05) is 13.2 Å². The summed E-state index contributed by atoms with van der Waals surface area (Å²) >= 11 is 0. The minimum atomic E-state index is -1.39. The first-order chi connectivity index (χ1) is 27.3. The molecule has 0 aliphatic carbocycles. The summed E-state index contributed by atoms with van der Waals surface area (Å²) in [5.41, 5.74) is 0. The lowest BCUT2D eigenvalue weighted by atomic mass is 10.0. The maximum atomic E-state index is 12.7. The maximum Gasteiger partial charge on any atom is 0.328 e. The monoisotopic (exact) mass is 781 g/mol. The number of hydrogen-bond donors (Lipinski definition) is 4. The van der Waals surface area contributed by atoms with E-state index in [1.807, 2.05) is 12.2 Å². The van der Waals surface area contributed by atoms with E-state index < -0.39 is 24.5 Å². The summed E-state index contributed by atoms with van der Waals surface area (Å²) in [4.78, 5) is 47.5. The quantitative estimate of drug-likeness (QED) is 0.0279. The highest BCUT2D eigenvalue weighted by Gasteiger charge is 2.18. The van der Waals surface area contributed by atoms with Crippen molar-refractivity contribution in [3.63, 3.8) is 0 Å². The van der Waals surface area contributed by atoms with Crippen molar-refractivity contribution in [3.8, 4) is 0 Å². The fraction of sp³-hybridized carbons (Fsp3) is 0.617. The van der Waals surface area contributed by atoms with Gasteiger partial charge in [0.05, 0.1) is 19.6 Å². The molecule has 0 rings (SSSR count). The van der Waals surface area contributed by atoms with Gasteiger partial charge in [-0.2, -0.15) is 0 Å². The number of aliphatic carboxylic acids is 1. The zero-order valence-electron chi connectivity index (χ0n) is 34.9. The van der Waals surface area contributed by atoms with E-state index in [0.717, 1.165) is 96.3 Å². The zero-order valence-corrected chi connectivity index (χ0v) is 34.9. The lowest BCUT2D eigenvalue weighted by molar-refractivity contribution is -0.148. The van der Waals surface area contributed by atoms with Crippen LogP contribution in [0.3, 0.4) is 0 Å². The molecule has 2 atom stereocenters. The van der Waals surface area contributed by atoms with Crippen LogP contribution in [0.1, 0.15) is 162 Å². The van der Waals surface area contributed by atoms with E-state index in [1.54, 1.807) is 0 Å². The zero-order chi connectivity index (χ0) is 41.2. The number of amides is 2. The number of aliphatic hydroxyl groups excluding tert-OH is 1. The summed E-state index contributed by atoms with van der Waals surface area (Å²) in [5.74, 6) is -2.48. The van der Waals surface area contributed by atoms with Crippen molar-refractivity contribution in [3.05, 3.63) is 85.1 Å². The summed E-state index contributed by atoms with van der Waals surface area (Å²) in [7, 11) is 0. The Morgan fingerprint density at radius 3 is 1.66 bits per heavy atom. The second-order valence-electron chi connectivity index (χ2n) is 14.1. The normalized spacial score (nSPS) is 13.3. The van der Waals surface area contributed by atoms with Gasteiger partial charge in [-0.05, 0) is 89.9 Å². The minimum Gasteiger partial charge on any atom is -0.480 e. The molecule has 0 aliphatic rings. The fourth-order valence-electron chi connectivity index (χ4n) is 5.65. The van der Waals surface area contributed by atoms with Crippen molar-refractivity contribution < 1.29 is 34.1 Å². The number of carboxylic acid groups (broad SMARTS) is 1. The molecule has 0 heterocycles. The second-order valence-corrected chi connectivity index (χ2v) is 14.1. The van der Waals surface area contributed by atoms with Crippen LogP contribution in [0.15, 0.2) is 85.1 Å². The van der Waals surface area contributed by atoms with E-state index in [9.17, 15) is 19.2 Å². The Labute approximate surface area is 339 Å². The third-order valence-electron chi connectivity index (χ3n) is 8.91. The Bertz CT molecular complexity index is 1210. The first kappa shape index (κ1) is 52.0. The molecule has 0 saturated heterocycles. The predicted octanol–water partition coefficient (Wildman–Crippen LogP) is 10.5. The van der Waals surface area contributed by atoms with Crippen LogP contribution in [-0.2, 0) is 23.9 Å². The molecule has 2 amide bonds. The highest BCUT2D eigenvalue weighted by atomic mass is 16.5. The molecule has 0 fully saturated rings. The van der Waals surface area contributed by atoms with Crippen LogP contribution < -0.4 is 10.6 Å². The smallest absolute Gasteiger partial charge is 0.328 e. The molecule has 9 nitrogen and oxygen atoms in total. The standard InChI is InChI=1S/C47H76N2O7/c1-3-5-7-9-11-13-15-17-18-20-22-24-26-31-35-39-46(53)56-42(36-32-28-25-23-21-19-16-14-12-10-8-6-4-2)37-33-29-27-30-34-38-44(51)48-40-45(52)49-43(41-50)47(54)55/h5,7,11,13,16-19,22-25,31,35,42-43,50H,3-4,6,8-10,12,14-15,20-21,26-30,32-34,36-41H2,1-2H3,(H,48,51)(H,49,52)(H,54,55)/b7-5-,13-11-,18-17-,19-16-,24-22-,25-23-,35-31-. The summed E-state index contributed by atoms with van der Waals surface area (Å²) < 4.78 is 5.93. The molecule has 0 aromatic rings. The minimum absolute atomic E-state index is 0.116. The summed E-state index contributed by atoms with van der Waals surface area (Å²) in [6, 6.07) is -1.39. The van der Waals surface area contributed by atoms with Gasteiger partial charge >= 0.3 is 11.9 Å². The number of aliphatic hydroxyl groups is 1. The summed E-state index contributed by atoms with van der Waals surface area (Å²) in [5, 5.41) is 22.5. The predicted molar refractivity (Wildman–Crippen MR) is 231 cm³/mol. The van der Waals surface area contributed by atoms with Gasteiger partial charge < -0.3 is 25.6 Å². The Kier molecular flexibility index (Phi) is 37.8. The molecule has 0 aromatic carbocycles. The van der Waals surface area contributed by atoms with Crippen LogP contribution in [0.2, 0.25) is 0 Å². The van der Waals surface area contributed by atoms with Gasteiger partial charge in [0.1, 0.15) is 12.1 Å². The number of nitrogens with one attached hydrogen (secondary N) is 2.